The number of rotatable bonds is 5. The Bertz CT molecular complexity index is 335. The highest BCUT2D eigenvalue weighted by atomic mass is 14.0. The van der Waals surface area contributed by atoms with Crippen LogP contribution in [0.2, 0.25) is 0 Å². The number of hydrogen-bond donors (Lipinski definition) is 0. The average molecular weight is 198 g/mol. The van der Waals surface area contributed by atoms with Crippen LogP contribution < -0.4 is 0 Å². The molecular formula is C15H18. The van der Waals surface area contributed by atoms with E-state index in [2.05, 4.69) is 37.1 Å². The third-order valence-corrected chi connectivity index (χ3v) is 2.42. The van der Waals surface area contributed by atoms with Crippen molar-refractivity contribution in [3.05, 3.63) is 41.5 Å². The van der Waals surface area contributed by atoms with Crippen molar-refractivity contribution < 1.29 is 0 Å². The number of aryl methyl sites for hydroxylation is 1. The molecule has 0 heteroatoms. The lowest BCUT2D eigenvalue weighted by atomic mass is 10.1. The summed E-state index contributed by atoms with van der Waals surface area (Å²) in [5, 5.41) is 0. The molecule has 1 aromatic carbocycles. The molecule has 0 aliphatic carbocycles. The molecule has 15 heavy (non-hydrogen) atoms. The summed E-state index contributed by atoms with van der Waals surface area (Å²) in [7, 11) is 0. The fourth-order valence-corrected chi connectivity index (χ4v) is 1.52. The molecule has 0 fully saturated rings. The van der Waals surface area contributed by atoms with E-state index in [9.17, 15) is 0 Å². The first-order valence-corrected chi connectivity index (χ1v) is 5.58. The Morgan fingerprint density at radius 3 is 2.53 bits per heavy atom. The highest BCUT2D eigenvalue weighted by Gasteiger charge is 1.92. The molecule has 0 heterocycles. The second-order valence-electron chi connectivity index (χ2n) is 3.70. The van der Waals surface area contributed by atoms with Gasteiger partial charge in [0, 0.05) is 0 Å². The maximum atomic E-state index is 5.15. The molecule has 0 bridgehead atoms. The summed E-state index contributed by atoms with van der Waals surface area (Å²) in [5.74, 6) is 2.49. The molecule has 0 atom stereocenters. The van der Waals surface area contributed by atoms with Crippen molar-refractivity contribution in [3.63, 3.8) is 0 Å². The standard InChI is InChI=1S/C15H18/c1-3-5-7-9-15-12-10-14(11-13-15)8-6-4-2/h2,6,8,10-13H,3,5,7,9H2,1H3. The van der Waals surface area contributed by atoms with E-state index in [0.717, 1.165) is 0 Å². The van der Waals surface area contributed by atoms with E-state index in [1.165, 1.54) is 36.8 Å². The monoisotopic (exact) mass is 198 g/mol. The van der Waals surface area contributed by atoms with Gasteiger partial charge in [-0.05, 0) is 36.1 Å². The van der Waals surface area contributed by atoms with Crippen LogP contribution in [0.15, 0.2) is 30.3 Å². The van der Waals surface area contributed by atoms with Crippen molar-refractivity contribution in [1.82, 2.24) is 0 Å². The number of hydrogen-bond acceptors (Lipinski definition) is 0. The number of allylic oxidation sites excluding steroid dienone is 1. The Hall–Kier alpha value is -1.48. The van der Waals surface area contributed by atoms with Gasteiger partial charge < -0.3 is 0 Å². The smallest absolute Gasteiger partial charge is 0.0116 e. The highest BCUT2D eigenvalue weighted by molar-refractivity contribution is 5.52. The number of unbranched alkanes of at least 4 members (excludes halogenated alkanes) is 2. The van der Waals surface area contributed by atoms with E-state index >= 15 is 0 Å². The van der Waals surface area contributed by atoms with Crippen LogP contribution in [0, 0.1) is 12.3 Å². The molecule has 1 aromatic rings. The molecule has 78 valence electrons. The first kappa shape index (κ1) is 11.6. The normalized spacial score (nSPS) is 10.4. The molecule has 0 aromatic heterocycles. The molecule has 0 spiro atoms. The molecule has 0 unspecified atom stereocenters. The fourth-order valence-electron chi connectivity index (χ4n) is 1.52. The van der Waals surface area contributed by atoms with Gasteiger partial charge in [0.25, 0.3) is 0 Å². The lowest BCUT2D eigenvalue weighted by Crippen LogP contribution is -1.85. The van der Waals surface area contributed by atoms with Gasteiger partial charge in [-0.15, -0.1) is 6.42 Å². The minimum Gasteiger partial charge on any atom is -0.115 e. The first-order valence-electron chi connectivity index (χ1n) is 5.58. The van der Waals surface area contributed by atoms with Gasteiger partial charge in [0.2, 0.25) is 0 Å². The molecule has 1 rings (SSSR count). The van der Waals surface area contributed by atoms with Crippen LogP contribution in [0.4, 0.5) is 0 Å². The second-order valence-corrected chi connectivity index (χ2v) is 3.70. The Morgan fingerprint density at radius 2 is 1.93 bits per heavy atom. The maximum absolute atomic E-state index is 5.15. The van der Waals surface area contributed by atoms with Crippen molar-refractivity contribution >= 4 is 6.08 Å². The molecule has 0 aliphatic heterocycles. The van der Waals surface area contributed by atoms with Crippen molar-refractivity contribution in [2.75, 3.05) is 0 Å². The molecule has 0 radical (unpaired) electrons. The molecule has 0 nitrogen and oxygen atoms in total. The SMILES string of the molecule is C#CC=Cc1ccc(CCCCC)cc1. The zero-order valence-electron chi connectivity index (χ0n) is 9.37. The summed E-state index contributed by atoms with van der Waals surface area (Å²) in [6.07, 6.45) is 13.9. The summed E-state index contributed by atoms with van der Waals surface area (Å²) in [4.78, 5) is 0. The van der Waals surface area contributed by atoms with E-state index in [-0.39, 0.29) is 0 Å². The molecule has 0 saturated heterocycles. The molecule has 0 aliphatic rings. The minimum absolute atomic E-state index is 1.17. The predicted octanol–water partition coefficient (Wildman–Crippen LogP) is 4.07. The molecule has 0 N–H and O–H groups in total. The Labute approximate surface area is 93.0 Å². The predicted molar refractivity (Wildman–Crippen MR) is 67.5 cm³/mol. The van der Waals surface area contributed by atoms with E-state index in [1.807, 2.05) is 6.08 Å². The van der Waals surface area contributed by atoms with Crippen LogP contribution in [0.5, 0.6) is 0 Å². The number of terminal acetylenes is 1. The van der Waals surface area contributed by atoms with Gasteiger partial charge in [-0.1, -0.05) is 50.0 Å². The zero-order chi connectivity index (χ0) is 10.9. The van der Waals surface area contributed by atoms with Crippen LogP contribution in [-0.4, -0.2) is 0 Å². The zero-order valence-corrected chi connectivity index (χ0v) is 9.37. The highest BCUT2D eigenvalue weighted by Crippen LogP contribution is 2.09. The largest absolute Gasteiger partial charge is 0.115 e. The Kier molecular flexibility index (Phi) is 5.33. The van der Waals surface area contributed by atoms with Crippen LogP contribution in [0.25, 0.3) is 6.08 Å². The molecule has 0 saturated carbocycles. The molecule has 0 amide bonds. The number of benzene rings is 1. The Balaban J connectivity index is 2.49. The van der Waals surface area contributed by atoms with Crippen molar-refractivity contribution in [2.45, 2.75) is 32.6 Å². The summed E-state index contributed by atoms with van der Waals surface area (Å²) in [5.41, 5.74) is 2.59. The van der Waals surface area contributed by atoms with E-state index < -0.39 is 0 Å². The van der Waals surface area contributed by atoms with Crippen LogP contribution in [0.3, 0.4) is 0 Å². The van der Waals surface area contributed by atoms with E-state index in [1.54, 1.807) is 6.08 Å². The second kappa shape index (κ2) is 6.90. The van der Waals surface area contributed by atoms with Crippen molar-refractivity contribution in [3.8, 4) is 12.3 Å². The summed E-state index contributed by atoms with van der Waals surface area (Å²) in [6, 6.07) is 8.61. The average Bonchev–Trinajstić information content (AvgIpc) is 2.28. The van der Waals surface area contributed by atoms with Gasteiger partial charge in [0.15, 0.2) is 0 Å². The van der Waals surface area contributed by atoms with E-state index in [0.29, 0.717) is 0 Å². The lowest BCUT2D eigenvalue weighted by Gasteiger charge is -2.00. The van der Waals surface area contributed by atoms with Gasteiger partial charge in [-0.3, -0.25) is 0 Å². The van der Waals surface area contributed by atoms with Gasteiger partial charge in [0.1, 0.15) is 0 Å². The third-order valence-electron chi connectivity index (χ3n) is 2.42. The van der Waals surface area contributed by atoms with Gasteiger partial charge in [-0.2, -0.15) is 0 Å². The summed E-state index contributed by atoms with van der Waals surface area (Å²) >= 11 is 0. The Morgan fingerprint density at radius 1 is 1.20 bits per heavy atom. The lowest BCUT2D eigenvalue weighted by molar-refractivity contribution is 0.717. The van der Waals surface area contributed by atoms with Gasteiger partial charge in [-0.25, -0.2) is 0 Å². The maximum Gasteiger partial charge on any atom is -0.0116 e. The van der Waals surface area contributed by atoms with Crippen LogP contribution >= 0.6 is 0 Å². The van der Waals surface area contributed by atoms with Crippen molar-refractivity contribution in [1.29, 1.82) is 0 Å². The fraction of sp³-hybridized carbons (Fsp3) is 0.333. The topological polar surface area (TPSA) is 0 Å². The van der Waals surface area contributed by atoms with Crippen LogP contribution in [-0.2, 0) is 6.42 Å². The van der Waals surface area contributed by atoms with Gasteiger partial charge in [0.05, 0.1) is 0 Å². The third kappa shape index (κ3) is 4.51. The van der Waals surface area contributed by atoms with Crippen molar-refractivity contribution in [2.24, 2.45) is 0 Å². The quantitative estimate of drug-likeness (QED) is 0.494. The molecular weight excluding hydrogens is 180 g/mol. The summed E-state index contributed by atoms with van der Waals surface area (Å²) < 4.78 is 0. The summed E-state index contributed by atoms with van der Waals surface area (Å²) in [6.45, 7) is 2.23. The van der Waals surface area contributed by atoms with Crippen LogP contribution in [0.1, 0.15) is 37.3 Å². The van der Waals surface area contributed by atoms with Gasteiger partial charge >= 0.3 is 0 Å². The minimum atomic E-state index is 1.17. The first-order chi connectivity index (χ1) is 7.36. The van der Waals surface area contributed by atoms with E-state index in [4.69, 9.17) is 6.42 Å².